The van der Waals surface area contributed by atoms with Gasteiger partial charge in [-0.1, -0.05) is 6.07 Å². The second-order valence-corrected chi connectivity index (χ2v) is 4.24. The molecule has 106 valence electrons. The Balaban J connectivity index is 0.00000180. The third-order valence-electron chi connectivity index (χ3n) is 2.83. The van der Waals surface area contributed by atoms with Gasteiger partial charge in [0.15, 0.2) is 0 Å². The monoisotopic (exact) mass is 291 g/mol. The number of nitrogens with one attached hydrogen (secondary N) is 3. The molecule has 1 aromatic rings. The van der Waals surface area contributed by atoms with Gasteiger partial charge in [-0.15, -0.1) is 12.4 Å². The molecule has 3 N–H and O–H groups in total. The fraction of sp³-hybridized carbons (Fsp3) is 0.417. The Labute approximate surface area is 116 Å². The zero-order chi connectivity index (χ0) is 13.0. The summed E-state index contributed by atoms with van der Waals surface area (Å²) in [5.74, 6) is -1.57. The number of benzene rings is 1. The predicted molar refractivity (Wildman–Crippen MR) is 71.7 cm³/mol. The van der Waals surface area contributed by atoms with Gasteiger partial charge in [-0.2, -0.15) is 0 Å². The summed E-state index contributed by atoms with van der Waals surface area (Å²) in [4.78, 5) is 11.6. The van der Waals surface area contributed by atoms with Crippen molar-refractivity contribution in [1.29, 1.82) is 0 Å². The van der Waals surface area contributed by atoms with Crippen LogP contribution < -0.4 is 16.0 Å². The van der Waals surface area contributed by atoms with Gasteiger partial charge in [-0.3, -0.25) is 0 Å². The second kappa shape index (κ2) is 7.25. The van der Waals surface area contributed by atoms with Gasteiger partial charge in [0.25, 0.3) is 0 Å². The number of carbonyl (C=O) groups excluding carboxylic acids is 1. The normalized spacial score (nSPS) is 18.3. The van der Waals surface area contributed by atoms with Crippen LogP contribution in [-0.2, 0) is 0 Å². The van der Waals surface area contributed by atoms with Crippen molar-refractivity contribution < 1.29 is 13.6 Å². The number of amides is 2. The van der Waals surface area contributed by atoms with Gasteiger partial charge in [0.05, 0.1) is 0 Å². The summed E-state index contributed by atoms with van der Waals surface area (Å²) < 4.78 is 26.6. The number of urea groups is 1. The molecule has 1 aliphatic rings. The van der Waals surface area contributed by atoms with Crippen LogP contribution in [0.2, 0.25) is 0 Å². The molecule has 1 aliphatic heterocycles. The lowest BCUT2D eigenvalue weighted by molar-refractivity contribution is 0.245. The zero-order valence-corrected chi connectivity index (χ0v) is 11.0. The summed E-state index contributed by atoms with van der Waals surface area (Å²) in [7, 11) is 0. The van der Waals surface area contributed by atoms with E-state index in [9.17, 15) is 13.6 Å². The highest BCUT2D eigenvalue weighted by Gasteiger charge is 2.17. The van der Waals surface area contributed by atoms with E-state index in [1.54, 1.807) is 0 Å². The predicted octanol–water partition coefficient (Wildman–Crippen LogP) is 2.26. The number of para-hydroxylation sites is 1. The quantitative estimate of drug-likeness (QED) is 0.783. The van der Waals surface area contributed by atoms with E-state index in [1.807, 2.05) is 0 Å². The van der Waals surface area contributed by atoms with Gasteiger partial charge in [-0.05, 0) is 31.5 Å². The van der Waals surface area contributed by atoms with Crippen molar-refractivity contribution in [3.05, 3.63) is 29.8 Å². The summed E-state index contributed by atoms with van der Waals surface area (Å²) in [6.45, 7) is 1.61. The Morgan fingerprint density at radius 2 is 2.00 bits per heavy atom. The van der Waals surface area contributed by atoms with Crippen LogP contribution >= 0.6 is 12.4 Å². The van der Waals surface area contributed by atoms with Crippen LogP contribution in [0.1, 0.15) is 12.8 Å². The second-order valence-electron chi connectivity index (χ2n) is 4.24. The SMILES string of the molecule is Cl.O=C(Nc1c(F)cccc1F)N[C@@H]1CCCNC1. The van der Waals surface area contributed by atoms with Crippen molar-refractivity contribution in [3.63, 3.8) is 0 Å². The number of hydrogen-bond acceptors (Lipinski definition) is 2. The lowest BCUT2D eigenvalue weighted by atomic mass is 10.1. The van der Waals surface area contributed by atoms with E-state index < -0.39 is 23.4 Å². The highest BCUT2D eigenvalue weighted by molar-refractivity contribution is 5.89. The maximum atomic E-state index is 13.3. The topological polar surface area (TPSA) is 53.2 Å². The fourth-order valence-corrected chi connectivity index (χ4v) is 1.93. The van der Waals surface area contributed by atoms with Crippen LogP contribution in [0.5, 0.6) is 0 Å². The molecule has 0 bridgehead atoms. The molecule has 0 saturated carbocycles. The molecular weight excluding hydrogens is 276 g/mol. The van der Waals surface area contributed by atoms with Crippen molar-refractivity contribution in [2.45, 2.75) is 18.9 Å². The molecule has 1 aromatic carbocycles. The largest absolute Gasteiger partial charge is 0.334 e. The van der Waals surface area contributed by atoms with E-state index >= 15 is 0 Å². The van der Waals surface area contributed by atoms with Crippen LogP contribution in [0.3, 0.4) is 0 Å². The van der Waals surface area contributed by atoms with Crippen molar-refractivity contribution in [3.8, 4) is 0 Å². The summed E-state index contributed by atoms with van der Waals surface area (Å²) >= 11 is 0. The highest BCUT2D eigenvalue weighted by atomic mass is 35.5. The molecule has 1 fully saturated rings. The summed E-state index contributed by atoms with van der Waals surface area (Å²) in [5.41, 5.74) is -0.418. The first-order chi connectivity index (χ1) is 8.66. The van der Waals surface area contributed by atoms with Gasteiger partial charge < -0.3 is 16.0 Å². The number of carbonyl (C=O) groups is 1. The molecule has 4 nitrogen and oxygen atoms in total. The van der Waals surface area contributed by atoms with E-state index in [1.165, 1.54) is 6.07 Å². The molecule has 1 saturated heterocycles. The first-order valence-electron chi connectivity index (χ1n) is 5.89. The van der Waals surface area contributed by atoms with Crippen LogP contribution in [0.4, 0.5) is 19.3 Å². The molecule has 7 heteroatoms. The number of piperidine rings is 1. The highest BCUT2D eigenvalue weighted by Crippen LogP contribution is 2.17. The van der Waals surface area contributed by atoms with Crippen LogP contribution in [-0.4, -0.2) is 25.2 Å². The van der Waals surface area contributed by atoms with Crippen molar-refractivity contribution in [2.75, 3.05) is 18.4 Å². The Kier molecular flexibility index (Phi) is 5.98. The van der Waals surface area contributed by atoms with Gasteiger partial charge >= 0.3 is 6.03 Å². The summed E-state index contributed by atoms with van der Waals surface area (Å²) in [6, 6.07) is 2.85. The third-order valence-corrected chi connectivity index (χ3v) is 2.83. The van der Waals surface area contributed by atoms with Crippen LogP contribution in [0.15, 0.2) is 18.2 Å². The lowest BCUT2D eigenvalue weighted by Gasteiger charge is -2.23. The standard InChI is InChI=1S/C12H15F2N3O.ClH/c13-9-4-1-5-10(14)11(9)17-12(18)16-8-3-2-6-15-7-8;/h1,4-5,8,15H,2-3,6-7H2,(H2,16,17,18);1H/t8-;/m1./s1. The molecule has 0 radical (unpaired) electrons. The first-order valence-corrected chi connectivity index (χ1v) is 5.89. The Bertz CT molecular complexity index is 419. The number of anilines is 1. The van der Waals surface area contributed by atoms with E-state index in [0.717, 1.165) is 31.5 Å². The Morgan fingerprint density at radius 3 is 2.58 bits per heavy atom. The van der Waals surface area contributed by atoms with Gasteiger partial charge in [0.2, 0.25) is 0 Å². The van der Waals surface area contributed by atoms with Gasteiger partial charge in [0, 0.05) is 12.6 Å². The molecule has 0 aromatic heterocycles. The molecule has 0 aliphatic carbocycles. The van der Waals surface area contributed by atoms with E-state index in [0.29, 0.717) is 6.54 Å². The lowest BCUT2D eigenvalue weighted by Crippen LogP contribution is -2.47. The number of halogens is 3. The molecule has 2 rings (SSSR count). The number of hydrogen-bond donors (Lipinski definition) is 3. The molecule has 2 amide bonds. The third kappa shape index (κ3) is 4.33. The maximum Gasteiger partial charge on any atom is 0.319 e. The molecular formula is C12H16ClF2N3O. The van der Waals surface area contributed by atoms with E-state index in [-0.39, 0.29) is 18.4 Å². The van der Waals surface area contributed by atoms with Gasteiger partial charge in [-0.25, -0.2) is 13.6 Å². The van der Waals surface area contributed by atoms with Crippen LogP contribution in [0, 0.1) is 11.6 Å². The molecule has 19 heavy (non-hydrogen) atoms. The minimum Gasteiger partial charge on any atom is -0.334 e. The minimum absolute atomic E-state index is 0. The van der Waals surface area contributed by atoms with Crippen LogP contribution in [0.25, 0.3) is 0 Å². The van der Waals surface area contributed by atoms with Crippen molar-refractivity contribution in [2.24, 2.45) is 0 Å². The summed E-state index contributed by atoms with van der Waals surface area (Å²) in [6.07, 6.45) is 1.83. The zero-order valence-electron chi connectivity index (χ0n) is 10.2. The first kappa shape index (κ1) is 15.7. The van der Waals surface area contributed by atoms with Crippen molar-refractivity contribution >= 4 is 24.1 Å². The fourth-order valence-electron chi connectivity index (χ4n) is 1.93. The average molecular weight is 292 g/mol. The Morgan fingerprint density at radius 1 is 1.32 bits per heavy atom. The molecule has 0 spiro atoms. The smallest absolute Gasteiger partial charge is 0.319 e. The van der Waals surface area contributed by atoms with Crippen molar-refractivity contribution in [1.82, 2.24) is 10.6 Å². The van der Waals surface area contributed by atoms with E-state index in [2.05, 4.69) is 16.0 Å². The Hall–Kier alpha value is -1.40. The molecule has 0 unspecified atom stereocenters. The van der Waals surface area contributed by atoms with Gasteiger partial charge in [0.1, 0.15) is 17.3 Å². The van der Waals surface area contributed by atoms with E-state index in [4.69, 9.17) is 0 Å². The molecule has 1 atom stereocenters. The average Bonchev–Trinajstić information content (AvgIpc) is 2.35. The minimum atomic E-state index is -0.785. The number of rotatable bonds is 2. The molecule has 1 heterocycles. The maximum absolute atomic E-state index is 13.3. The summed E-state index contributed by atoms with van der Waals surface area (Å²) in [5, 5.41) is 8.01.